The first-order valence-electron chi connectivity index (χ1n) is 3.72. The summed E-state index contributed by atoms with van der Waals surface area (Å²) >= 11 is 1.96. The van der Waals surface area contributed by atoms with Crippen LogP contribution in [-0.4, -0.2) is 30.0 Å². The molecule has 0 spiro atoms. The first-order chi connectivity index (χ1) is 5.50. The van der Waals surface area contributed by atoms with Gasteiger partial charge in [-0.1, -0.05) is 0 Å². The van der Waals surface area contributed by atoms with Crippen molar-refractivity contribution in [2.45, 2.75) is 34.9 Å². The van der Waals surface area contributed by atoms with E-state index in [0.717, 1.165) is 0 Å². The molecule has 0 N–H and O–H groups in total. The molecular formula is C6H9IO4S. The minimum absolute atomic E-state index is 0.0379. The third-order valence-corrected chi connectivity index (χ3v) is 5.16. The van der Waals surface area contributed by atoms with Gasteiger partial charge in [0, 0.05) is 0 Å². The molecule has 0 saturated carbocycles. The largest absolute Gasteiger partial charge is 0.370 e. The predicted molar refractivity (Wildman–Crippen MR) is 50.6 cm³/mol. The van der Waals surface area contributed by atoms with Gasteiger partial charge in [0.1, 0.15) is 11.4 Å². The molecule has 4 atom stereocenters. The van der Waals surface area contributed by atoms with Crippen molar-refractivity contribution >= 4 is 32.7 Å². The van der Waals surface area contributed by atoms with Crippen LogP contribution >= 0.6 is 22.6 Å². The van der Waals surface area contributed by atoms with Gasteiger partial charge in [-0.3, -0.25) is 4.18 Å². The van der Waals surface area contributed by atoms with Gasteiger partial charge in [-0.25, -0.2) is 0 Å². The van der Waals surface area contributed by atoms with Crippen LogP contribution in [0.25, 0.3) is 0 Å². The Bertz CT molecular complexity index is 288. The minimum atomic E-state index is -3.34. The molecule has 70 valence electrons. The van der Waals surface area contributed by atoms with Crippen LogP contribution in [0.4, 0.5) is 0 Å². The lowest BCUT2D eigenvalue weighted by atomic mass is 10.2. The molecule has 0 aromatic carbocycles. The third-order valence-electron chi connectivity index (χ3n) is 2.18. The highest BCUT2D eigenvalue weighted by Gasteiger charge is 2.53. The Kier molecular flexibility index (Phi) is 2.13. The fraction of sp³-hybridized carbons (Fsp3) is 1.00. The fourth-order valence-electron chi connectivity index (χ4n) is 1.64. The molecule has 0 aromatic heterocycles. The number of rotatable bonds is 0. The standard InChI is InChI=1S/C6H9IO4S/c1-3-2-4-5(10-3)6(7)11-12(4,8)9/h3-6H,2H2,1H3. The normalized spacial score (nSPS) is 50.8. The molecule has 0 radical (unpaired) electrons. The zero-order valence-electron chi connectivity index (χ0n) is 6.44. The Labute approximate surface area is 84.9 Å². The Hall–Kier alpha value is 0.600. The van der Waals surface area contributed by atoms with Gasteiger partial charge in [0.2, 0.25) is 0 Å². The molecular weight excluding hydrogens is 295 g/mol. The third kappa shape index (κ3) is 1.28. The Morgan fingerprint density at radius 2 is 2.17 bits per heavy atom. The summed E-state index contributed by atoms with van der Waals surface area (Å²) in [4.78, 5) is 0. The second kappa shape index (κ2) is 2.79. The molecule has 2 fully saturated rings. The average molecular weight is 304 g/mol. The number of ether oxygens (including phenoxy) is 1. The van der Waals surface area contributed by atoms with Gasteiger partial charge in [-0.05, 0) is 35.9 Å². The number of hydrogen-bond donors (Lipinski definition) is 0. The molecule has 0 amide bonds. The van der Waals surface area contributed by atoms with Crippen molar-refractivity contribution in [3.63, 3.8) is 0 Å². The molecule has 4 unspecified atom stereocenters. The maximum absolute atomic E-state index is 11.3. The van der Waals surface area contributed by atoms with Gasteiger partial charge in [-0.2, -0.15) is 8.42 Å². The van der Waals surface area contributed by atoms with E-state index in [1.54, 1.807) is 0 Å². The van der Waals surface area contributed by atoms with Gasteiger partial charge in [0.05, 0.1) is 6.10 Å². The highest BCUT2D eigenvalue weighted by molar-refractivity contribution is 14.1. The SMILES string of the molecule is CC1CC2C(O1)C(I)OS2(=O)=O. The predicted octanol–water partition coefficient (Wildman–Crippen LogP) is 0.653. The molecule has 2 aliphatic rings. The van der Waals surface area contributed by atoms with Gasteiger partial charge < -0.3 is 4.74 Å². The van der Waals surface area contributed by atoms with E-state index in [2.05, 4.69) is 0 Å². The van der Waals surface area contributed by atoms with Crippen molar-refractivity contribution in [2.24, 2.45) is 0 Å². The molecule has 2 rings (SSSR count). The monoisotopic (exact) mass is 304 g/mol. The van der Waals surface area contributed by atoms with Crippen LogP contribution in [0.5, 0.6) is 0 Å². The molecule has 0 bridgehead atoms. The van der Waals surface area contributed by atoms with Crippen molar-refractivity contribution in [2.75, 3.05) is 0 Å². The molecule has 2 aliphatic heterocycles. The van der Waals surface area contributed by atoms with E-state index in [4.69, 9.17) is 8.92 Å². The zero-order valence-corrected chi connectivity index (χ0v) is 9.41. The summed E-state index contributed by atoms with van der Waals surface area (Å²) in [6.07, 6.45) is 0.341. The first-order valence-corrected chi connectivity index (χ1v) is 6.44. The average Bonchev–Trinajstić information content (AvgIpc) is 2.37. The molecule has 4 nitrogen and oxygen atoms in total. The Balaban J connectivity index is 2.31. The quantitative estimate of drug-likeness (QED) is 0.375. The second-order valence-electron chi connectivity index (χ2n) is 3.13. The van der Waals surface area contributed by atoms with E-state index in [9.17, 15) is 8.42 Å². The lowest BCUT2D eigenvalue weighted by molar-refractivity contribution is 0.0341. The lowest BCUT2D eigenvalue weighted by Crippen LogP contribution is -2.23. The van der Waals surface area contributed by atoms with Gasteiger partial charge in [0.25, 0.3) is 10.1 Å². The van der Waals surface area contributed by atoms with E-state index < -0.39 is 15.4 Å². The topological polar surface area (TPSA) is 52.6 Å². The van der Waals surface area contributed by atoms with Crippen molar-refractivity contribution in [3.05, 3.63) is 0 Å². The summed E-state index contributed by atoms with van der Waals surface area (Å²) in [5.41, 5.74) is 0. The molecule has 0 aromatic rings. The van der Waals surface area contributed by atoms with Crippen LogP contribution in [0.2, 0.25) is 0 Å². The van der Waals surface area contributed by atoms with E-state index in [0.29, 0.717) is 6.42 Å². The molecule has 2 saturated heterocycles. The highest BCUT2D eigenvalue weighted by atomic mass is 127. The molecule has 6 heteroatoms. The van der Waals surface area contributed by atoms with Crippen LogP contribution in [0.1, 0.15) is 13.3 Å². The maximum Gasteiger partial charge on any atom is 0.274 e. The second-order valence-corrected chi connectivity index (χ2v) is 6.14. The van der Waals surface area contributed by atoms with Crippen LogP contribution < -0.4 is 0 Å². The van der Waals surface area contributed by atoms with E-state index in [1.165, 1.54) is 0 Å². The first kappa shape index (κ1) is 9.17. The smallest absolute Gasteiger partial charge is 0.274 e. The highest BCUT2D eigenvalue weighted by Crippen LogP contribution is 2.39. The van der Waals surface area contributed by atoms with Crippen molar-refractivity contribution in [1.29, 1.82) is 0 Å². The number of hydrogen-bond acceptors (Lipinski definition) is 4. The van der Waals surface area contributed by atoms with E-state index in [1.807, 2.05) is 29.5 Å². The molecule has 12 heavy (non-hydrogen) atoms. The van der Waals surface area contributed by atoms with E-state index >= 15 is 0 Å². The fourth-order valence-corrected chi connectivity index (χ4v) is 5.01. The van der Waals surface area contributed by atoms with Crippen molar-refractivity contribution in [1.82, 2.24) is 0 Å². The Morgan fingerprint density at radius 1 is 1.50 bits per heavy atom. The summed E-state index contributed by atoms with van der Waals surface area (Å²) in [6.45, 7) is 1.89. The Morgan fingerprint density at radius 3 is 2.75 bits per heavy atom. The zero-order chi connectivity index (χ0) is 8.93. The van der Waals surface area contributed by atoms with Crippen LogP contribution in [0.3, 0.4) is 0 Å². The van der Waals surface area contributed by atoms with Crippen LogP contribution in [0.15, 0.2) is 0 Å². The van der Waals surface area contributed by atoms with Crippen molar-refractivity contribution < 1.29 is 17.3 Å². The van der Waals surface area contributed by atoms with Gasteiger partial charge >= 0.3 is 0 Å². The molecule has 2 heterocycles. The van der Waals surface area contributed by atoms with Gasteiger partial charge in [-0.15, -0.1) is 0 Å². The summed E-state index contributed by atoms with van der Waals surface area (Å²) < 4.78 is 32.5. The summed E-state index contributed by atoms with van der Waals surface area (Å²) in [7, 11) is -3.34. The van der Waals surface area contributed by atoms with Crippen LogP contribution in [-0.2, 0) is 19.0 Å². The number of alkyl halides is 1. The van der Waals surface area contributed by atoms with Gasteiger partial charge in [0.15, 0.2) is 4.11 Å². The van der Waals surface area contributed by atoms with Crippen molar-refractivity contribution in [3.8, 4) is 0 Å². The molecule has 0 aliphatic carbocycles. The summed E-state index contributed by atoms with van der Waals surface area (Å²) in [5.74, 6) is 0. The minimum Gasteiger partial charge on any atom is -0.370 e. The maximum atomic E-state index is 11.3. The number of fused-ring (bicyclic) bond motifs is 1. The van der Waals surface area contributed by atoms with E-state index in [-0.39, 0.29) is 16.3 Å². The lowest BCUT2D eigenvalue weighted by Gasteiger charge is -2.09. The summed E-state index contributed by atoms with van der Waals surface area (Å²) in [5, 5.41) is -0.436. The number of halogens is 1. The van der Waals surface area contributed by atoms with Crippen LogP contribution in [0, 0.1) is 0 Å². The summed E-state index contributed by atoms with van der Waals surface area (Å²) in [6, 6.07) is 0.